The molecule has 0 saturated carbocycles. The van der Waals surface area contributed by atoms with E-state index in [4.69, 9.17) is 4.74 Å². The minimum atomic E-state index is -0.990. The number of carboxylic acids is 1. The number of carbonyl (C=O) groups excluding carboxylic acids is 1. The van der Waals surface area contributed by atoms with E-state index in [0.29, 0.717) is 11.7 Å². The van der Waals surface area contributed by atoms with Gasteiger partial charge in [-0.15, -0.1) is 11.8 Å². The summed E-state index contributed by atoms with van der Waals surface area (Å²) in [6.45, 7) is 11.8. The number of hydrogen-bond donors (Lipinski definition) is 1. The van der Waals surface area contributed by atoms with E-state index < -0.39 is 23.7 Å². The zero-order valence-electron chi connectivity index (χ0n) is 17.1. The molecule has 1 heterocycles. The number of ether oxygens (including phenoxy) is 1. The minimum Gasteiger partial charge on any atom is -0.480 e. The second-order valence-corrected chi connectivity index (χ2v) is 9.74. The maximum absolute atomic E-state index is 12.7. The molecule has 3 atom stereocenters. The van der Waals surface area contributed by atoms with E-state index in [1.54, 1.807) is 20.8 Å². The predicted octanol–water partition coefficient (Wildman–Crippen LogP) is 4.75. The summed E-state index contributed by atoms with van der Waals surface area (Å²) in [5, 5.41) is 9.29. The molecule has 2 unspecified atom stereocenters. The van der Waals surface area contributed by atoms with Crippen LogP contribution in [0.25, 0.3) is 0 Å². The monoisotopic (exact) mass is 393 g/mol. The maximum Gasteiger partial charge on any atom is 0.411 e. The summed E-state index contributed by atoms with van der Waals surface area (Å²) in [4.78, 5) is 25.8. The highest BCUT2D eigenvalue weighted by atomic mass is 32.2. The number of thioether (sulfide) groups is 1. The van der Waals surface area contributed by atoms with Crippen molar-refractivity contribution in [1.29, 1.82) is 0 Å². The summed E-state index contributed by atoms with van der Waals surface area (Å²) in [6, 6.07) is 7.56. The average Bonchev–Trinajstić information content (AvgIpc) is 2.98. The van der Waals surface area contributed by atoms with E-state index in [1.165, 1.54) is 22.2 Å². The number of amides is 1. The molecule has 0 spiro atoms. The van der Waals surface area contributed by atoms with Crippen molar-refractivity contribution >= 4 is 23.8 Å². The number of benzene rings is 1. The van der Waals surface area contributed by atoms with Crippen LogP contribution in [0.4, 0.5) is 4.79 Å². The summed E-state index contributed by atoms with van der Waals surface area (Å²) in [6.07, 6.45) is 0.464. The first-order valence-electron chi connectivity index (χ1n) is 9.44. The van der Waals surface area contributed by atoms with Crippen molar-refractivity contribution in [3.63, 3.8) is 0 Å². The molecule has 150 valence electrons. The lowest BCUT2D eigenvalue weighted by Gasteiger charge is -2.33. The quantitative estimate of drug-likeness (QED) is 0.782. The van der Waals surface area contributed by atoms with Gasteiger partial charge in [-0.1, -0.05) is 45.0 Å². The molecule has 1 fully saturated rings. The van der Waals surface area contributed by atoms with E-state index in [2.05, 4.69) is 38.1 Å². The van der Waals surface area contributed by atoms with Gasteiger partial charge in [0, 0.05) is 11.7 Å². The Balaban J connectivity index is 2.22. The molecule has 0 bridgehead atoms. The standard InChI is InChI=1S/C21H31NO4S/c1-13(2)11-15-7-9-16(10-8-15)14(3)18-22(17(12-27-18)19(23)24)20(25)26-21(4,5)6/h7-10,13-14,17-18H,11-12H2,1-6H3,(H,23,24)/t14?,17-,18?/m0/s1. The first-order chi connectivity index (χ1) is 12.5. The molecular weight excluding hydrogens is 362 g/mol. The molecule has 1 aromatic carbocycles. The van der Waals surface area contributed by atoms with Crippen LogP contribution in [0.1, 0.15) is 58.6 Å². The van der Waals surface area contributed by atoms with Crippen LogP contribution in [-0.4, -0.2) is 44.8 Å². The van der Waals surface area contributed by atoms with Crippen molar-refractivity contribution in [1.82, 2.24) is 4.90 Å². The van der Waals surface area contributed by atoms with Gasteiger partial charge in [0.1, 0.15) is 11.6 Å². The molecule has 0 aliphatic carbocycles. The zero-order chi connectivity index (χ0) is 20.4. The second-order valence-electron chi connectivity index (χ2n) is 8.59. The van der Waals surface area contributed by atoms with Crippen LogP contribution in [0.5, 0.6) is 0 Å². The summed E-state index contributed by atoms with van der Waals surface area (Å²) in [7, 11) is 0. The largest absolute Gasteiger partial charge is 0.480 e. The van der Waals surface area contributed by atoms with Gasteiger partial charge in [0.15, 0.2) is 0 Å². The van der Waals surface area contributed by atoms with E-state index in [0.717, 1.165) is 12.0 Å². The lowest BCUT2D eigenvalue weighted by atomic mass is 9.96. The third kappa shape index (κ3) is 5.64. The molecule has 27 heavy (non-hydrogen) atoms. The first kappa shape index (κ1) is 21.6. The normalized spacial score (nSPS) is 21.4. The van der Waals surface area contributed by atoms with Gasteiger partial charge in [-0.25, -0.2) is 9.59 Å². The van der Waals surface area contributed by atoms with E-state index in [-0.39, 0.29) is 11.3 Å². The Morgan fingerprint density at radius 2 is 1.81 bits per heavy atom. The topological polar surface area (TPSA) is 66.8 Å². The number of carbonyl (C=O) groups is 2. The summed E-state index contributed by atoms with van der Waals surface area (Å²) in [5.41, 5.74) is 1.71. The Bertz CT molecular complexity index is 666. The van der Waals surface area contributed by atoms with Crippen LogP contribution < -0.4 is 0 Å². The SMILES string of the molecule is CC(C)Cc1ccc(C(C)C2SC[C@@H](C(=O)O)N2C(=O)OC(C)(C)C)cc1. The Morgan fingerprint density at radius 1 is 1.22 bits per heavy atom. The zero-order valence-corrected chi connectivity index (χ0v) is 17.9. The number of carboxylic acid groups (broad SMARTS) is 1. The van der Waals surface area contributed by atoms with Crippen LogP contribution in [0.2, 0.25) is 0 Å². The highest BCUT2D eigenvalue weighted by Crippen LogP contribution is 2.39. The van der Waals surface area contributed by atoms with Gasteiger partial charge < -0.3 is 9.84 Å². The van der Waals surface area contributed by atoms with Crippen molar-refractivity contribution in [2.24, 2.45) is 5.92 Å². The van der Waals surface area contributed by atoms with Gasteiger partial charge in [0.25, 0.3) is 0 Å². The average molecular weight is 394 g/mol. The molecule has 1 saturated heterocycles. The van der Waals surface area contributed by atoms with Crippen molar-refractivity contribution in [3.8, 4) is 0 Å². The molecule has 2 rings (SSSR count). The molecule has 5 nitrogen and oxygen atoms in total. The van der Waals surface area contributed by atoms with Gasteiger partial charge in [-0.3, -0.25) is 4.90 Å². The van der Waals surface area contributed by atoms with Crippen LogP contribution in [0.3, 0.4) is 0 Å². The molecule has 0 aromatic heterocycles. The Hall–Kier alpha value is -1.69. The summed E-state index contributed by atoms with van der Waals surface area (Å²) >= 11 is 1.50. The molecule has 1 N–H and O–H groups in total. The van der Waals surface area contributed by atoms with E-state index in [1.807, 2.05) is 6.92 Å². The second kappa shape index (κ2) is 8.55. The predicted molar refractivity (Wildman–Crippen MR) is 109 cm³/mol. The van der Waals surface area contributed by atoms with E-state index in [9.17, 15) is 14.7 Å². The number of rotatable bonds is 5. The fraction of sp³-hybridized carbons (Fsp3) is 0.619. The van der Waals surface area contributed by atoms with Crippen molar-refractivity contribution in [3.05, 3.63) is 35.4 Å². The fourth-order valence-electron chi connectivity index (χ4n) is 3.24. The van der Waals surface area contributed by atoms with Crippen molar-refractivity contribution < 1.29 is 19.4 Å². The Morgan fingerprint density at radius 3 is 2.30 bits per heavy atom. The molecule has 0 radical (unpaired) electrons. The smallest absolute Gasteiger partial charge is 0.411 e. The van der Waals surface area contributed by atoms with Gasteiger partial charge in [-0.05, 0) is 44.2 Å². The van der Waals surface area contributed by atoms with Gasteiger partial charge in [-0.2, -0.15) is 0 Å². The maximum atomic E-state index is 12.7. The Kier molecular flexibility index (Phi) is 6.84. The van der Waals surface area contributed by atoms with Crippen LogP contribution in [-0.2, 0) is 16.0 Å². The van der Waals surface area contributed by atoms with Crippen LogP contribution in [0, 0.1) is 5.92 Å². The fourth-order valence-corrected chi connectivity index (χ4v) is 4.76. The number of nitrogens with zero attached hydrogens (tertiary/aromatic N) is 1. The van der Waals surface area contributed by atoms with Crippen molar-refractivity contribution in [2.75, 3.05) is 5.75 Å². The summed E-state index contributed by atoms with van der Waals surface area (Å²) < 4.78 is 5.49. The van der Waals surface area contributed by atoms with Gasteiger partial charge in [0.05, 0.1) is 5.37 Å². The van der Waals surface area contributed by atoms with Gasteiger partial charge in [0.2, 0.25) is 0 Å². The lowest BCUT2D eigenvalue weighted by Crippen LogP contribution is -2.49. The molecule has 6 heteroatoms. The number of hydrogen-bond acceptors (Lipinski definition) is 4. The highest BCUT2D eigenvalue weighted by Gasteiger charge is 2.45. The number of aliphatic carboxylic acids is 1. The lowest BCUT2D eigenvalue weighted by molar-refractivity contribution is -0.142. The third-order valence-corrected chi connectivity index (χ3v) is 5.99. The third-order valence-electron chi connectivity index (χ3n) is 4.50. The molecule has 1 aromatic rings. The molecule has 1 aliphatic rings. The van der Waals surface area contributed by atoms with Crippen LogP contribution >= 0.6 is 11.8 Å². The molecule has 1 aliphatic heterocycles. The first-order valence-corrected chi connectivity index (χ1v) is 10.5. The molecule has 1 amide bonds. The van der Waals surface area contributed by atoms with Crippen molar-refractivity contribution in [2.45, 2.75) is 70.9 Å². The Labute approximate surface area is 166 Å². The molecular formula is C21H31NO4S. The van der Waals surface area contributed by atoms with Gasteiger partial charge >= 0.3 is 12.1 Å². The highest BCUT2D eigenvalue weighted by molar-refractivity contribution is 8.00. The van der Waals surface area contributed by atoms with Crippen LogP contribution in [0.15, 0.2) is 24.3 Å². The summed E-state index contributed by atoms with van der Waals surface area (Å²) in [5.74, 6) is -0.0254. The van der Waals surface area contributed by atoms with E-state index >= 15 is 0 Å². The minimum absolute atomic E-state index is 0.0000293.